The molecule has 0 fully saturated rings. The summed E-state index contributed by atoms with van der Waals surface area (Å²) in [5.41, 5.74) is 1.31. The summed E-state index contributed by atoms with van der Waals surface area (Å²) in [4.78, 5) is -0.0656. The highest BCUT2D eigenvalue weighted by molar-refractivity contribution is 9.09. The molecule has 0 nitrogen and oxygen atoms in total. The molecule has 0 aliphatic rings. The van der Waals surface area contributed by atoms with Gasteiger partial charge in [0, 0.05) is 16.5 Å². The number of hydrogen-bond acceptors (Lipinski definition) is 0. The summed E-state index contributed by atoms with van der Waals surface area (Å²) in [5, 5.41) is 0. The number of rotatable bonds is 4. The Morgan fingerprint density at radius 2 is 1.74 bits per heavy atom. The van der Waals surface area contributed by atoms with E-state index in [9.17, 15) is 8.78 Å². The molecule has 0 aliphatic heterocycles. The Morgan fingerprint density at radius 3 is 2.26 bits per heavy atom. The second-order valence-corrected chi connectivity index (χ2v) is 7.80. The third kappa shape index (κ3) is 5.21. The number of hydrogen-bond donors (Lipinski definition) is 0. The highest BCUT2D eigenvalue weighted by atomic mass is 79.9. The molecular formula is C16H23BrF2. The largest absolute Gasteiger partial charge is 0.207 e. The highest BCUT2D eigenvalue weighted by Gasteiger charge is 2.21. The molecule has 2 atom stereocenters. The lowest BCUT2D eigenvalue weighted by atomic mass is 9.83. The molecule has 1 rings (SSSR count). The van der Waals surface area contributed by atoms with Gasteiger partial charge in [0.05, 0.1) is 0 Å². The lowest BCUT2D eigenvalue weighted by molar-refractivity contribution is 0.296. The maximum atomic E-state index is 13.8. The van der Waals surface area contributed by atoms with Gasteiger partial charge in [-0.1, -0.05) is 43.6 Å². The fraction of sp³-hybridized carbons (Fsp3) is 0.625. The quantitative estimate of drug-likeness (QED) is 0.578. The number of alkyl halides is 1. The lowest BCUT2D eigenvalue weighted by Gasteiger charge is -2.25. The maximum Gasteiger partial charge on any atom is 0.130 e. The molecule has 0 saturated carbocycles. The minimum Gasteiger partial charge on any atom is -0.207 e. The SMILES string of the molecule is Cc1cc(C(Br)CC(C)CC(C)(C)C)c(F)cc1F. The molecule has 0 spiro atoms. The minimum atomic E-state index is -0.483. The van der Waals surface area contributed by atoms with Crippen LogP contribution >= 0.6 is 15.9 Å². The van der Waals surface area contributed by atoms with Crippen molar-refractivity contribution in [3.8, 4) is 0 Å². The first-order valence-electron chi connectivity index (χ1n) is 6.70. The first-order valence-corrected chi connectivity index (χ1v) is 7.61. The molecular weight excluding hydrogens is 310 g/mol. The second-order valence-electron chi connectivity index (χ2n) is 6.70. The summed E-state index contributed by atoms with van der Waals surface area (Å²) in [6.07, 6.45) is 1.93. The summed E-state index contributed by atoms with van der Waals surface area (Å²) >= 11 is 3.54. The van der Waals surface area contributed by atoms with Crippen LogP contribution in [0.25, 0.3) is 0 Å². The minimum absolute atomic E-state index is 0.0656. The van der Waals surface area contributed by atoms with Gasteiger partial charge in [0.2, 0.25) is 0 Å². The molecule has 1 aromatic carbocycles. The van der Waals surface area contributed by atoms with Gasteiger partial charge in [-0.05, 0) is 42.7 Å². The van der Waals surface area contributed by atoms with Crippen LogP contribution in [0.3, 0.4) is 0 Å². The van der Waals surface area contributed by atoms with E-state index in [1.54, 1.807) is 13.0 Å². The normalized spacial score (nSPS) is 15.4. The first kappa shape index (κ1) is 16.6. The maximum absolute atomic E-state index is 13.8. The predicted octanol–water partition coefficient (Wildman–Crippen LogP) is 6.17. The van der Waals surface area contributed by atoms with E-state index in [1.165, 1.54) is 0 Å². The standard InChI is InChI=1S/C16H23BrF2/c1-10(9-16(3,4)5)6-13(17)12-7-11(2)14(18)8-15(12)19/h7-8,10,13H,6,9H2,1-5H3. The van der Waals surface area contributed by atoms with Crippen LogP contribution < -0.4 is 0 Å². The molecule has 19 heavy (non-hydrogen) atoms. The Hall–Kier alpha value is -0.440. The zero-order valence-corrected chi connectivity index (χ0v) is 13.9. The van der Waals surface area contributed by atoms with Crippen LogP contribution in [0.2, 0.25) is 0 Å². The smallest absolute Gasteiger partial charge is 0.130 e. The molecule has 2 unspecified atom stereocenters. The molecule has 1 aromatic rings. The van der Waals surface area contributed by atoms with Gasteiger partial charge in [-0.15, -0.1) is 0 Å². The van der Waals surface area contributed by atoms with E-state index in [-0.39, 0.29) is 10.2 Å². The van der Waals surface area contributed by atoms with Crippen LogP contribution in [0.1, 0.15) is 56.5 Å². The number of aryl methyl sites for hydroxylation is 1. The molecule has 0 aromatic heterocycles. The zero-order chi connectivity index (χ0) is 14.8. The zero-order valence-electron chi connectivity index (χ0n) is 12.4. The molecule has 0 N–H and O–H groups in total. The van der Waals surface area contributed by atoms with Crippen LogP contribution in [-0.2, 0) is 0 Å². The van der Waals surface area contributed by atoms with Crippen molar-refractivity contribution in [1.29, 1.82) is 0 Å². The van der Waals surface area contributed by atoms with Gasteiger partial charge in [-0.2, -0.15) is 0 Å². The van der Waals surface area contributed by atoms with Gasteiger partial charge in [0.15, 0.2) is 0 Å². The van der Waals surface area contributed by atoms with Crippen LogP contribution in [0.5, 0.6) is 0 Å². The average Bonchev–Trinajstić information content (AvgIpc) is 2.20. The van der Waals surface area contributed by atoms with Crippen molar-refractivity contribution in [3.05, 3.63) is 34.9 Å². The molecule has 0 amide bonds. The van der Waals surface area contributed by atoms with E-state index in [0.717, 1.165) is 18.9 Å². The Bertz CT molecular complexity index is 435. The summed E-state index contributed by atoms with van der Waals surface area (Å²) in [5.74, 6) is -0.467. The van der Waals surface area contributed by atoms with Crippen LogP contribution in [0.4, 0.5) is 8.78 Å². The Morgan fingerprint density at radius 1 is 1.16 bits per heavy atom. The van der Waals surface area contributed by atoms with Crippen LogP contribution in [-0.4, -0.2) is 0 Å². The number of benzene rings is 1. The summed E-state index contributed by atoms with van der Waals surface area (Å²) in [6.45, 7) is 10.4. The van der Waals surface area contributed by atoms with E-state index in [1.807, 2.05) is 0 Å². The fourth-order valence-corrected chi connectivity index (χ4v) is 3.52. The fourth-order valence-electron chi connectivity index (χ4n) is 2.53. The van der Waals surface area contributed by atoms with Crippen molar-refractivity contribution in [2.45, 2.75) is 52.3 Å². The average molecular weight is 333 g/mol. The summed E-state index contributed by atoms with van der Waals surface area (Å²) in [6, 6.07) is 2.58. The lowest BCUT2D eigenvalue weighted by Crippen LogP contribution is -2.12. The van der Waals surface area contributed by atoms with Gasteiger partial charge >= 0.3 is 0 Å². The monoisotopic (exact) mass is 332 g/mol. The van der Waals surface area contributed by atoms with Crippen molar-refractivity contribution >= 4 is 15.9 Å². The van der Waals surface area contributed by atoms with Gasteiger partial charge in [0.1, 0.15) is 11.6 Å². The molecule has 0 aliphatic carbocycles. The summed E-state index contributed by atoms with van der Waals surface area (Å²) in [7, 11) is 0. The van der Waals surface area contributed by atoms with Crippen molar-refractivity contribution in [1.82, 2.24) is 0 Å². The molecule has 0 bridgehead atoms. The summed E-state index contributed by atoms with van der Waals surface area (Å²) < 4.78 is 27.1. The molecule has 108 valence electrons. The van der Waals surface area contributed by atoms with Crippen molar-refractivity contribution in [3.63, 3.8) is 0 Å². The topological polar surface area (TPSA) is 0 Å². The van der Waals surface area contributed by atoms with Crippen LogP contribution in [0, 0.1) is 29.9 Å². The Kier molecular flexibility index (Phi) is 5.54. The van der Waals surface area contributed by atoms with Gasteiger partial charge in [-0.3, -0.25) is 0 Å². The van der Waals surface area contributed by atoms with Gasteiger partial charge in [0.25, 0.3) is 0 Å². The second kappa shape index (κ2) is 6.34. The molecule has 0 heterocycles. The number of halogens is 3. The first-order chi connectivity index (χ1) is 8.60. The third-order valence-electron chi connectivity index (χ3n) is 3.19. The predicted molar refractivity (Wildman–Crippen MR) is 80.6 cm³/mol. The Labute approximate surface area is 123 Å². The van der Waals surface area contributed by atoms with Crippen LogP contribution in [0.15, 0.2) is 12.1 Å². The molecule has 0 radical (unpaired) electrons. The third-order valence-corrected chi connectivity index (χ3v) is 4.05. The van der Waals surface area contributed by atoms with E-state index in [2.05, 4.69) is 43.6 Å². The molecule has 0 saturated heterocycles. The molecule has 3 heteroatoms. The van der Waals surface area contributed by atoms with Crippen molar-refractivity contribution in [2.24, 2.45) is 11.3 Å². The van der Waals surface area contributed by atoms with E-state index >= 15 is 0 Å². The highest BCUT2D eigenvalue weighted by Crippen LogP contribution is 2.36. The van der Waals surface area contributed by atoms with Crippen molar-refractivity contribution in [2.75, 3.05) is 0 Å². The van der Waals surface area contributed by atoms with Gasteiger partial charge < -0.3 is 0 Å². The van der Waals surface area contributed by atoms with Crippen molar-refractivity contribution < 1.29 is 8.78 Å². The van der Waals surface area contributed by atoms with E-state index in [4.69, 9.17) is 0 Å². The van der Waals surface area contributed by atoms with E-state index < -0.39 is 11.6 Å². The van der Waals surface area contributed by atoms with Gasteiger partial charge in [-0.25, -0.2) is 8.78 Å². The van der Waals surface area contributed by atoms with E-state index in [0.29, 0.717) is 17.0 Å². The Balaban J connectivity index is 2.78.